The molecular weight excluding hydrogens is 234 g/mol. The molecule has 1 fully saturated rings. The van der Waals surface area contributed by atoms with Crippen LogP contribution in [-0.2, 0) is 9.84 Å². The van der Waals surface area contributed by atoms with Crippen molar-refractivity contribution in [3.8, 4) is 0 Å². The van der Waals surface area contributed by atoms with Crippen LogP contribution >= 0.6 is 0 Å². The standard InChI is InChI=1S/C13H27NO2S/c1-4-17(15,16)10-6-9-13(14)8-5-7-12(2,3)11-13/h4-11,14H2,1-3H3. The Morgan fingerprint density at radius 1 is 1.24 bits per heavy atom. The quantitative estimate of drug-likeness (QED) is 0.827. The van der Waals surface area contributed by atoms with Crippen molar-refractivity contribution in [2.24, 2.45) is 11.1 Å². The number of hydrogen-bond donors (Lipinski definition) is 1. The fourth-order valence-electron chi connectivity index (χ4n) is 3.05. The lowest BCUT2D eigenvalue weighted by Crippen LogP contribution is -2.47. The predicted molar refractivity (Wildman–Crippen MR) is 72.7 cm³/mol. The monoisotopic (exact) mass is 261 g/mol. The molecule has 1 unspecified atom stereocenters. The van der Waals surface area contributed by atoms with Gasteiger partial charge in [0.2, 0.25) is 0 Å². The van der Waals surface area contributed by atoms with E-state index in [1.54, 1.807) is 6.92 Å². The predicted octanol–water partition coefficient (Wildman–Crippen LogP) is 2.50. The number of sulfone groups is 1. The summed E-state index contributed by atoms with van der Waals surface area (Å²) in [6.07, 6.45) is 6.02. The molecule has 3 nitrogen and oxygen atoms in total. The third kappa shape index (κ3) is 4.96. The zero-order chi connectivity index (χ0) is 13.2. The Bertz CT molecular complexity index is 348. The van der Waals surface area contributed by atoms with E-state index in [9.17, 15) is 8.42 Å². The molecule has 0 saturated heterocycles. The topological polar surface area (TPSA) is 60.2 Å². The summed E-state index contributed by atoms with van der Waals surface area (Å²) in [5.74, 6) is 0.541. The molecule has 0 amide bonds. The minimum Gasteiger partial charge on any atom is -0.325 e. The lowest BCUT2D eigenvalue weighted by atomic mass is 9.67. The van der Waals surface area contributed by atoms with Crippen molar-refractivity contribution >= 4 is 9.84 Å². The van der Waals surface area contributed by atoms with Crippen molar-refractivity contribution in [2.75, 3.05) is 11.5 Å². The zero-order valence-corrected chi connectivity index (χ0v) is 12.3. The van der Waals surface area contributed by atoms with Crippen molar-refractivity contribution in [1.82, 2.24) is 0 Å². The van der Waals surface area contributed by atoms with Crippen molar-refractivity contribution in [2.45, 2.75) is 64.8 Å². The Labute approximate surface area is 106 Å². The molecule has 1 aliphatic rings. The number of nitrogens with two attached hydrogens (primary N) is 1. The van der Waals surface area contributed by atoms with Gasteiger partial charge in [0.25, 0.3) is 0 Å². The highest BCUT2D eigenvalue weighted by molar-refractivity contribution is 7.91. The summed E-state index contributed by atoms with van der Waals surface area (Å²) in [7, 11) is -2.83. The molecule has 4 heteroatoms. The summed E-state index contributed by atoms with van der Waals surface area (Å²) in [5.41, 5.74) is 6.59. The van der Waals surface area contributed by atoms with Crippen LogP contribution in [0.3, 0.4) is 0 Å². The van der Waals surface area contributed by atoms with Crippen molar-refractivity contribution in [3.63, 3.8) is 0 Å². The summed E-state index contributed by atoms with van der Waals surface area (Å²) in [6, 6.07) is 0. The maximum Gasteiger partial charge on any atom is 0.150 e. The van der Waals surface area contributed by atoms with Gasteiger partial charge in [0, 0.05) is 11.3 Å². The van der Waals surface area contributed by atoms with Gasteiger partial charge in [0.1, 0.15) is 9.84 Å². The van der Waals surface area contributed by atoms with Gasteiger partial charge in [0.05, 0.1) is 5.75 Å². The molecule has 2 N–H and O–H groups in total. The van der Waals surface area contributed by atoms with Gasteiger partial charge in [-0.1, -0.05) is 27.2 Å². The summed E-state index contributed by atoms with van der Waals surface area (Å²) < 4.78 is 22.9. The first-order valence-electron chi connectivity index (χ1n) is 6.67. The van der Waals surface area contributed by atoms with Crippen LogP contribution in [-0.4, -0.2) is 25.5 Å². The summed E-state index contributed by atoms with van der Waals surface area (Å²) >= 11 is 0. The number of hydrogen-bond acceptors (Lipinski definition) is 3. The largest absolute Gasteiger partial charge is 0.325 e. The molecule has 1 rings (SSSR count). The van der Waals surface area contributed by atoms with Gasteiger partial charge in [0.15, 0.2) is 0 Å². The molecule has 1 aliphatic carbocycles. The Morgan fingerprint density at radius 2 is 1.88 bits per heavy atom. The van der Waals surface area contributed by atoms with Crippen LogP contribution in [0.25, 0.3) is 0 Å². The second-order valence-electron chi connectivity index (χ2n) is 6.40. The first-order chi connectivity index (χ1) is 7.68. The second kappa shape index (κ2) is 5.27. The minimum absolute atomic E-state index is 0.134. The molecule has 0 aromatic heterocycles. The molecule has 0 radical (unpaired) electrons. The van der Waals surface area contributed by atoms with Crippen LogP contribution in [0.1, 0.15) is 59.3 Å². The molecule has 1 atom stereocenters. The normalized spacial score (nSPS) is 29.2. The lowest BCUT2D eigenvalue weighted by molar-refractivity contribution is 0.143. The summed E-state index contributed by atoms with van der Waals surface area (Å²) in [4.78, 5) is 0. The highest BCUT2D eigenvalue weighted by Gasteiger charge is 2.36. The Balaban J connectivity index is 2.45. The Kier molecular flexibility index (Phi) is 4.64. The Morgan fingerprint density at radius 3 is 2.41 bits per heavy atom. The van der Waals surface area contributed by atoms with Gasteiger partial charge >= 0.3 is 0 Å². The molecule has 0 bridgehead atoms. The molecule has 17 heavy (non-hydrogen) atoms. The Hall–Kier alpha value is -0.0900. The van der Waals surface area contributed by atoms with Crippen LogP contribution in [0.15, 0.2) is 0 Å². The zero-order valence-electron chi connectivity index (χ0n) is 11.5. The SMILES string of the molecule is CCS(=O)(=O)CCCC1(N)CCCC(C)(C)C1. The molecular formula is C13H27NO2S. The molecule has 0 aromatic carbocycles. The van der Waals surface area contributed by atoms with Gasteiger partial charge in [-0.05, 0) is 37.5 Å². The van der Waals surface area contributed by atoms with E-state index >= 15 is 0 Å². The van der Waals surface area contributed by atoms with Crippen LogP contribution in [0.5, 0.6) is 0 Å². The lowest BCUT2D eigenvalue weighted by Gasteiger charge is -2.42. The van der Waals surface area contributed by atoms with E-state index in [2.05, 4.69) is 13.8 Å². The van der Waals surface area contributed by atoms with Gasteiger partial charge in [-0.2, -0.15) is 0 Å². The van der Waals surface area contributed by atoms with E-state index in [0.29, 0.717) is 17.6 Å². The molecule has 0 heterocycles. The highest BCUT2D eigenvalue weighted by Crippen LogP contribution is 2.41. The first-order valence-corrected chi connectivity index (χ1v) is 8.50. The first kappa shape index (κ1) is 15.0. The van der Waals surface area contributed by atoms with Crippen molar-refractivity contribution in [3.05, 3.63) is 0 Å². The van der Waals surface area contributed by atoms with E-state index in [4.69, 9.17) is 5.73 Å². The van der Waals surface area contributed by atoms with E-state index < -0.39 is 9.84 Å². The van der Waals surface area contributed by atoms with Crippen LogP contribution < -0.4 is 5.73 Å². The average molecular weight is 261 g/mol. The maximum atomic E-state index is 11.4. The molecule has 102 valence electrons. The van der Waals surface area contributed by atoms with Gasteiger partial charge in [-0.25, -0.2) is 8.42 Å². The van der Waals surface area contributed by atoms with Crippen molar-refractivity contribution in [1.29, 1.82) is 0 Å². The minimum atomic E-state index is -2.83. The molecule has 0 aliphatic heterocycles. The van der Waals surface area contributed by atoms with Crippen LogP contribution in [0, 0.1) is 5.41 Å². The fourth-order valence-corrected chi connectivity index (χ4v) is 3.92. The van der Waals surface area contributed by atoms with E-state index in [1.165, 1.54) is 12.8 Å². The average Bonchev–Trinajstić information content (AvgIpc) is 2.15. The second-order valence-corrected chi connectivity index (χ2v) is 8.87. The third-order valence-corrected chi connectivity index (χ3v) is 5.72. The fraction of sp³-hybridized carbons (Fsp3) is 1.00. The van der Waals surface area contributed by atoms with Gasteiger partial charge in [-0.3, -0.25) is 0 Å². The molecule has 0 spiro atoms. The third-order valence-electron chi connectivity index (χ3n) is 3.93. The number of rotatable bonds is 5. The smallest absolute Gasteiger partial charge is 0.150 e. The highest BCUT2D eigenvalue weighted by atomic mass is 32.2. The van der Waals surface area contributed by atoms with E-state index in [-0.39, 0.29) is 11.3 Å². The van der Waals surface area contributed by atoms with Crippen molar-refractivity contribution < 1.29 is 8.42 Å². The van der Waals surface area contributed by atoms with Crippen LogP contribution in [0.4, 0.5) is 0 Å². The van der Waals surface area contributed by atoms with E-state index in [0.717, 1.165) is 19.3 Å². The van der Waals surface area contributed by atoms with Gasteiger partial charge < -0.3 is 5.73 Å². The maximum absolute atomic E-state index is 11.4. The summed E-state index contributed by atoms with van der Waals surface area (Å²) in [6.45, 7) is 6.23. The van der Waals surface area contributed by atoms with Gasteiger partial charge in [-0.15, -0.1) is 0 Å². The molecule has 0 aromatic rings. The van der Waals surface area contributed by atoms with Crippen LogP contribution in [0.2, 0.25) is 0 Å². The summed E-state index contributed by atoms with van der Waals surface area (Å²) in [5, 5.41) is 0. The molecule has 1 saturated carbocycles. The van der Waals surface area contributed by atoms with E-state index in [1.807, 2.05) is 0 Å².